The van der Waals surface area contributed by atoms with E-state index in [1.807, 2.05) is 0 Å². The number of nitrogens with zero attached hydrogens (tertiary/aromatic N) is 1. The Morgan fingerprint density at radius 1 is 1.12 bits per heavy atom. The SMILES string of the molecule is OCCCCCN1CCOCC12CCCC2. The molecule has 16 heavy (non-hydrogen) atoms. The molecule has 1 heterocycles. The lowest BCUT2D eigenvalue weighted by molar-refractivity contribution is -0.0663. The molecule has 1 saturated heterocycles. The van der Waals surface area contributed by atoms with Gasteiger partial charge in [0.1, 0.15) is 0 Å². The van der Waals surface area contributed by atoms with E-state index < -0.39 is 0 Å². The van der Waals surface area contributed by atoms with Gasteiger partial charge in [-0.15, -0.1) is 0 Å². The number of aliphatic hydroxyl groups excluding tert-OH is 1. The van der Waals surface area contributed by atoms with Crippen LogP contribution in [0.3, 0.4) is 0 Å². The zero-order valence-electron chi connectivity index (χ0n) is 10.3. The molecule has 0 aromatic rings. The van der Waals surface area contributed by atoms with Crippen molar-refractivity contribution in [2.24, 2.45) is 0 Å². The maximum atomic E-state index is 8.77. The van der Waals surface area contributed by atoms with Crippen LogP contribution in [0.25, 0.3) is 0 Å². The first kappa shape index (κ1) is 12.3. The lowest BCUT2D eigenvalue weighted by Crippen LogP contribution is -2.55. The first-order chi connectivity index (χ1) is 7.87. The van der Waals surface area contributed by atoms with Crippen molar-refractivity contribution in [2.75, 3.05) is 32.9 Å². The molecule has 0 atom stereocenters. The fourth-order valence-corrected chi connectivity index (χ4v) is 3.20. The average Bonchev–Trinajstić information content (AvgIpc) is 2.76. The highest BCUT2D eigenvalue weighted by Crippen LogP contribution is 2.37. The number of ether oxygens (including phenoxy) is 1. The van der Waals surface area contributed by atoms with Gasteiger partial charge in [0.2, 0.25) is 0 Å². The number of unbranched alkanes of at least 4 members (excludes halogenated alkanes) is 2. The Labute approximate surface area is 98.8 Å². The Bertz CT molecular complexity index is 202. The van der Waals surface area contributed by atoms with E-state index in [-0.39, 0.29) is 0 Å². The maximum Gasteiger partial charge on any atom is 0.0651 e. The van der Waals surface area contributed by atoms with E-state index in [9.17, 15) is 0 Å². The van der Waals surface area contributed by atoms with Gasteiger partial charge in [0.25, 0.3) is 0 Å². The van der Waals surface area contributed by atoms with Crippen LogP contribution in [-0.4, -0.2) is 48.5 Å². The van der Waals surface area contributed by atoms with Crippen LogP contribution in [0.15, 0.2) is 0 Å². The summed E-state index contributed by atoms with van der Waals surface area (Å²) >= 11 is 0. The van der Waals surface area contributed by atoms with Gasteiger partial charge in [0.05, 0.1) is 13.2 Å². The van der Waals surface area contributed by atoms with Crippen molar-refractivity contribution in [3.8, 4) is 0 Å². The summed E-state index contributed by atoms with van der Waals surface area (Å²) in [4.78, 5) is 2.67. The Kier molecular flexibility index (Phi) is 4.62. The molecule has 2 fully saturated rings. The van der Waals surface area contributed by atoms with Gasteiger partial charge in [-0.1, -0.05) is 12.8 Å². The minimum Gasteiger partial charge on any atom is -0.396 e. The van der Waals surface area contributed by atoms with Crippen molar-refractivity contribution < 1.29 is 9.84 Å². The molecule has 0 aromatic heterocycles. The van der Waals surface area contributed by atoms with Crippen LogP contribution in [0, 0.1) is 0 Å². The van der Waals surface area contributed by atoms with E-state index in [0.29, 0.717) is 12.1 Å². The number of morpholine rings is 1. The number of rotatable bonds is 5. The molecular formula is C13H25NO2. The molecule has 2 rings (SSSR count). The Morgan fingerprint density at radius 3 is 2.69 bits per heavy atom. The van der Waals surface area contributed by atoms with E-state index in [4.69, 9.17) is 9.84 Å². The summed E-state index contributed by atoms with van der Waals surface area (Å²) < 4.78 is 5.68. The molecule has 0 aromatic carbocycles. The van der Waals surface area contributed by atoms with E-state index >= 15 is 0 Å². The highest BCUT2D eigenvalue weighted by atomic mass is 16.5. The van der Waals surface area contributed by atoms with Gasteiger partial charge in [-0.3, -0.25) is 4.90 Å². The van der Waals surface area contributed by atoms with Crippen LogP contribution in [0.1, 0.15) is 44.9 Å². The lowest BCUT2D eigenvalue weighted by Gasteiger charge is -2.44. The summed E-state index contributed by atoms with van der Waals surface area (Å²) in [5, 5.41) is 8.77. The highest BCUT2D eigenvalue weighted by Gasteiger charge is 2.41. The fraction of sp³-hybridized carbons (Fsp3) is 1.00. The molecule has 2 aliphatic rings. The van der Waals surface area contributed by atoms with Crippen molar-refractivity contribution in [2.45, 2.75) is 50.5 Å². The molecule has 1 aliphatic carbocycles. The molecule has 1 spiro atoms. The smallest absolute Gasteiger partial charge is 0.0651 e. The normalized spacial score (nSPS) is 25.3. The number of hydrogen-bond donors (Lipinski definition) is 1. The van der Waals surface area contributed by atoms with Crippen LogP contribution >= 0.6 is 0 Å². The zero-order chi connectivity index (χ0) is 11.3. The fourth-order valence-electron chi connectivity index (χ4n) is 3.20. The third-order valence-electron chi connectivity index (χ3n) is 4.17. The van der Waals surface area contributed by atoms with Gasteiger partial charge in [-0.2, -0.15) is 0 Å². The van der Waals surface area contributed by atoms with E-state index in [1.165, 1.54) is 38.6 Å². The Hall–Kier alpha value is -0.120. The summed E-state index contributed by atoms with van der Waals surface area (Å²) in [7, 11) is 0. The number of hydrogen-bond acceptors (Lipinski definition) is 3. The lowest BCUT2D eigenvalue weighted by atomic mass is 9.94. The van der Waals surface area contributed by atoms with Crippen LogP contribution in [-0.2, 0) is 4.74 Å². The second-order valence-corrected chi connectivity index (χ2v) is 5.26. The second-order valence-electron chi connectivity index (χ2n) is 5.26. The van der Waals surface area contributed by atoms with E-state index in [2.05, 4.69) is 4.90 Å². The summed E-state index contributed by atoms with van der Waals surface area (Å²) in [5.74, 6) is 0. The first-order valence-electron chi connectivity index (χ1n) is 6.81. The monoisotopic (exact) mass is 227 g/mol. The Balaban J connectivity index is 1.80. The summed E-state index contributed by atoms with van der Waals surface area (Å²) in [6, 6.07) is 0. The quantitative estimate of drug-likeness (QED) is 0.727. The van der Waals surface area contributed by atoms with Crippen molar-refractivity contribution in [3.05, 3.63) is 0 Å². The van der Waals surface area contributed by atoms with Crippen molar-refractivity contribution >= 4 is 0 Å². The summed E-state index contributed by atoms with van der Waals surface area (Å²) in [6.45, 7) is 4.51. The first-order valence-corrected chi connectivity index (χ1v) is 6.81. The molecule has 0 bridgehead atoms. The number of aliphatic hydroxyl groups is 1. The van der Waals surface area contributed by atoms with Gasteiger partial charge in [0.15, 0.2) is 0 Å². The van der Waals surface area contributed by atoms with Crippen molar-refractivity contribution in [3.63, 3.8) is 0 Å². The molecule has 1 N–H and O–H groups in total. The molecule has 0 unspecified atom stereocenters. The average molecular weight is 227 g/mol. The van der Waals surface area contributed by atoms with Crippen LogP contribution in [0.5, 0.6) is 0 Å². The summed E-state index contributed by atoms with van der Waals surface area (Å²) in [5.41, 5.74) is 0.386. The molecule has 0 amide bonds. The van der Waals surface area contributed by atoms with E-state index in [1.54, 1.807) is 0 Å². The minimum absolute atomic E-state index is 0.342. The van der Waals surface area contributed by atoms with Gasteiger partial charge in [-0.25, -0.2) is 0 Å². The predicted molar refractivity (Wildman–Crippen MR) is 64.5 cm³/mol. The molecule has 3 heteroatoms. The van der Waals surface area contributed by atoms with Crippen molar-refractivity contribution in [1.29, 1.82) is 0 Å². The molecule has 3 nitrogen and oxygen atoms in total. The highest BCUT2D eigenvalue weighted by molar-refractivity contribution is 4.96. The maximum absolute atomic E-state index is 8.77. The van der Waals surface area contributed by atoms with Crippen LogP contribution in [0.2, 0.25) is 0 Å². The van der Waals surface area contributed by atoms with Gasteiger partial charge in [0, 0.05) is 18.7 Å². The topological polar surface area (TPSA) is 32.7 Å². The molecule has 0 radical (unpaired) electrons. The van der Waals surface area contributed by atoms with Crippen molar-refractivity contribution in [1.82, 2.24) is 4.90 Å². The van der Waals surface area contributed by atoms with Crippen LogP contribution < -0.4 is 0 Å². The van der Waals surface area contributed by atoms with Crippen LogP contribution in [0.4, 0.5) is 0 Å². The molecule has 94 valence electrons. The standard InChI is InChI=1S/C13H25NO2/c15-10-5-1-4-8-14-9-11-16-12-13(14)6-2-3-7-13/h15H,1-12H2. The molecule has 1 saturated carbocycles. The van der Waals surface area contributed by atoms with Gasteiger partial charge < -0.3 is 9.84 Å². The van der Waals surface area contributed by atoms with E-state index in [0.717, 1.165) is 32.6 Å². The predicted octanol–water partition coefficient (Wildman–Crippen LogP) is 1.79. The Morgan fingerprint density at radius 2 is 1.94 bits per heavy atom. The molecular weight excluding hydrogens is 202 g/mol. The zero-order valence-corrected chi connectivity index (χ0v) is 10.3. The molecule has 1 aliphatic heterocycles. The van der Waals surface area contributed by atoms with Gasteiger partial charge >= 0.3 is 0 Å². The summed E-state index contributed by atoms with van der Waals surface area (Å²) in [6.07, 6.45) is 8.73. The largest absolute Gasteiger partial charge is 0.396 e. The second kappa shape index (κ2) is 5.99. The third kappa shape index (κ3) is 2.76. The van der Waals surface area contributed by atoms with Gasteiger partial charge in [-0.05, 0) is 38.6 Å². The minimum atomic E-state index is 0.342. The third-order valence-corrected chi connectivity index (χ3v) is 4.17.